The zero-order valence-electron chi connectivity index (χ0n) is 13.9. The first-order chi connectivity index (χ1) is 10.7. The summed E-state index contributed by atoms with van der Waals surface area (Å²) >= 11 is 0. The van der Waals surface area contributed by atoms with E-state index in [9.17, 15) is 5.11 Å². The normalized spacial score (nSPS) is 24.8. The minimum absolute atomic E-state index is 0.0143. The number of hydrogen-bond donors (Lipinski definition) is 2. The van der Waals surface area contributed by atoms with Gasteiger partial charge >= 0.3 is 0 Å². The van der Waals surface area contributed by atoms with Crippen LogP contribution in [0.4, 0.5) is 0 Å². The number of benzene rings is 1. The van der Waals surface area contributed by atoms with Gasteiger partial charge in [0.25, 0.3) is 0 Å². The van der Waals surface area contributed by atoms with Gasteiger partial charge in [0.1, 0.15) is 0 Å². The van der Waals surface area contributed by atoms with E-state index in [1.54, 1.807) is 0 Å². The summed E-state index contributed by atoms with van der Waals surface area (Å²) in [5.74, 6) is 0. The van der Waals surface area contributed by atoms with Crippen molar-refractivity contribution in [2.75, 3.05) is 13.2 Å². The standard InChI is InChI=1S/C19H31NO2/c1-2-3-4-5-6-7-8-16-9-11-17(12-10-16)18-13-19(20,14-21)15-22-18/h9-12,18,21H,2-8,13-15,20H2,1H3/t18-,19+/m0/s1. The number of aliphatic hydroxyl groups is 1. The van der Waals surface area contributed by atoms with Crippen LogP contribution in [0.1, 0.15) is 69.1 Å². The van der Waals surface area contributed by atoms with E-state index < -0.39 is 5.54 Å². The molecule has 0 aliphatic carbocycles. The molecule has 1 aromatic rings. The Balaban J connectivity index is 1.74. The third-order valence-corrected chi connectivity index (χ3v) is 4.65. The molecular formula is C19H31NO2. The van der Waals surface area contributed by atoms with E-state index in [2.05, 4.69) is 31.2 Å². The van der Waals surface area contributed by atoms with Gasteiger partial charge in [-0.25, -0.2) is 0 Å². The summed E-state index contributed by atoms with van der Waals surface area (Å²) in [6.45, 7) is 2.68. The molecule has 0 amide bonds. The molecule has 1 fully saturated rings. The molecule has 3 heteroatoms. The maximum atomic E-state index is 9.30. The van der Waals surface area contributed by atoms with Crippen molar-refractivity contribution in [1.29, 1.82) is 0 Å². The molecule has 124 valence electrons. The van der Waals surface area contributed by atoms with E-state index in [-0.39, 0.29) is 12.7 Å². The van der Waals surface area contributed by atoms with Gasteiger partial charge in [0.05, 0.1) is 24.9 Å². The molecule has 0 radical (unpaired) electrons. The molecule has 22 heavy (non-hydrogen) atoms. The topological polar surface area (TPSA) is 55.5 Å². The minimum Gasteiger partial charge on any atom is -0.394 e. The van der Waals surface area contributed by atoms with E-state index in [0.29, 0.717) is 13.0 Å². The van der Waals surface area contributed by atoms with E-state index >= 15 is 0 Å². The molecule has 1 aliphatic heterocycles. The van der Waals surface area contributed by atoms with E-state index in [1.165, 1.54) is 49.7 Å². The molecule has 3 nitrogen and oxygen atoms in total. The van der Waals surface area contributed by atoms with Gasteiger partial charge < -0.3 is 15.6 Å². The van der Waals surface area contributed by atoms with Crippen LogP contribution in [0.5, 0.6) is 0 Å². The SMILES string of the molecule is CCCCCCCCc1ccc([C@@H]2C[C@@](N)(CO)CO2)cc1. The molecule has 1 saturated heterocycles. The molecule has 0 bridgehead atoms. The van der Waals surface area contributed by atoms with Gasteiger partial charge in [-0.2, -0.15) is 0 Å². The third-order valence-electron chi connectivity index (χ3n) is 4.65. The Labute approximate surface area is 134 Å². The maximum absolute atomic E-state index is 9.30. The number of ether oxygens (including phenoxy) is 1. The predicted molar refractivity (Wildman–Crippen MR) is 90.8 cm³/mol. The highest BCUT2D eigenvalue weighted by Gasteiger charge is 2.36. The smallest absolute Gasteiger partial charge is 0.0845 e. The van der Waals surface area contributed by atoms with Crippen molar-refractivity contribution in [1.82, 2.24) is 0 Å². The number of hydrogen-bond acceptors (Lipinski definition) is 3. The number of nitrogens with two attached hydrogens (primary N) is 1. The Morgan fingerprint density at radius 2 is 1.82 bits per heavy atom. The van der Waals surface area contributed by atoms with Crippen molar-refractivity contribution >= 4 is 0 Å². The van der Waals surface area contributed by atoms with Gasteiger partial charge in [-0.3, -0.25) is 0 Å². The number of rotatable bonds is 9. The minimum atomic E-state index is -0.568. The number of unbranched alkanes of at least 4 members (excludes halogenated alkanes) is 5. The van der Waals surface area contributed by atoms with Gasteiger partial charge in [-0.15, -0.1) is 0 Å². The Bertz CT molecular complexity index is 432. The molecule has 1 heterocycles. The Morgan fingerprint density at radius 1 is 1.14 bits per heavy atom. The second-order valence-corrected chi connectivity index (χ2v) is 6.78. The Hall–Kier alpha value is -0.900. The van der Waals surface area contributed by atoms with Crippen LogP contribution in [-0.2, 0) is 11.2 Å². The summed E-state index contributed by atoms with van der Waals surface area (Å²) in [6, 6.07) is 8.72. The van der Waals surface area contributed by atoms with Gasteiger partial charge in [-0.1, -0.05) is 63.3 Å². The fourth-order valence-electron chi connectivity index (χ4n) is 3.09. The average molecular weight is 305 g/mol. The van der Waals surface area contributed by atoms with Gasteiger partial charge in [0.2, 0.25) is 0 Å². The third kappa shape index (κ3) is 5.08. The maximum Gasteiger partial charge on any atom is 0.0845 e. The van der Waals surface area contributed by atoms with Crippen molar-refractivity contribution in [2.45, 2.75) is 69.9 Å². The molecule has 2 rings (SSSR count). The molecule has 1 aliphatic rings. The summed E-state index contributed by atoms with van der Waals surface area (Å²) in [4.78, 5) is 0. The fraction of sp³-hybridized carbons (Fsp3) is 0.684. The largest absolute Gasteiger partial charge is 0.394 e. The summed E-state index contributed by atoms with van der Waals surface area (Å²) in [5, 5.41) is 9.30. The lowest BCUT2D eigenvalue weighted by molar-refractivity contribution is 0.0960. The lowest BCUT2D eigenvalue weighted by atomic mass is 9.94. The van der Waals surface area contributed by atoms with Crippen LogP contribution in [0.3, 0.4) is 0 Å². The van der Waals surface area contributed by atoms with Crippen molar-refractivity contribution < 1.29 is 9.84 Å². The van der Waals surface area contributed by atoms with Crippen LogP contribution in [0, 0.1) is 0 Å². The Kier molecular flexibility index (Phi) is 6.87. The lowest BCUT2D eigenvalue weighted by Gasteiger charge is -2.18. The highest BCUT2D eigenvalue weighted by molar-refractivity contribution is 5.25. The summed E-state index contributed by atoms with van der Waals surface area (Å²) in [5.41, 5.74) is 8.06. The molecule has 0 aromatic heterocycles. The van der Waals surface area contributed by atoms with E-state index in [0.717, 1.165) is 6.42 Å². The van der Waals surface area contributed by atoms with Crippen molar-refractivity contribution in [3.05, 3.63) is 35.4 Å². The van der Waals surface area contributed by atoms with Crippen LogP contribution in [-0.4, -0.2) is 23.9 Å². The van der Waals surface area contributed by atoms with Crippen LogP contribution in [0.2, 0.25) is 0 Å². The Morgan fingerprint density at radius 3 is 2.45 bits per heavy atom. The van der Waals surface area contributed by atoms with Gasteiger partial charge in [0.15, 0.2) is 0 Å². The monoisotopic (exact) mass is 305 g/mol. The van der Waals surface area contributed by atoms with Crippen LogP contribution < -0.4 is 5.73 Å². The number of aliphatic hydroxyl groups excluding tert-OH is 1. The summed E-state index contributed by atoms with van der Waals surface area (Å²) in [7, 11) is 0. The van der Waals surface area contributed by atoms with Crippen molar-refractivity contribution in [2.24, 2.45) is 5.73 Å². The quantitative estimate of drug-likeness (QED) is 0.683. The van der Waals surface area contributed by atoms with E-state index in [4.69, 9.17) is 10.5 Å². The first-order valence-corrected chi connectivity index (χ1v) is 8.77. The second kappa shape index (κ2) is 8.66. The zero-order chi connectivity index (χ0) is 15.8. The highest BCUT2D eigenvalue weighted by atomic mass is 16.5. The molecule has 1 aromatic carbocycles. The number of aryl methyl sites for hydroxylation is 1. The lowest BCUT2D eigenvalue weighted by Crippen LogP contribution is -2.44. The molecule has 3 N–H and O–H groups in total. The molecule has 0 spiro atoms. The van der Waals surface area contributed by atoms with Crippen LogP contribution >= 0.6 is 0 Å². The van der Waals surface area contributed by atoms with Crippen molar-refractivity contribution in [3.8, 4) is 0 Å². The molecule has 2 atom stereocenters. The zero-order valence-corrected chi connectivity index (χ0v) is 13.9. The average Bonchev–Trinajstić information content (AvgIpc) is 2.94. The first kappa shape index (κ1) is 17.5. The van der Waals surface area contributed by atoms with Crippen LogP contribution in [0.25, 0.3) is 0 Å². The van der Waals surface area contributed by atoms with Gasteiger partial charge in [-0.05, 0) is 24.0 Å². The second-order valence-electron chi connectivity index (χ2n) is 6.78. The fourth-order valence-corrected chi connectivity index (χ4v) is 3.09. The van der Waals surface area contributed by atoms with E-state index in [1.807, 2.05) is 0 Å². The molecule has 0 unspecified atom stereocenters. The summed E-state index contributed by atoms with van der Waals surface area (Å²) < 4.78 is 5.74. The van der Waals surface area contributed by atoms with Gasteiger partial charge in [0, 0.05) is 6.42 Å². The predicted octanol–water partition coefficient (Wildman–Crippen LogP) is 3.74. The van der Waals surface area contributed by atoms with Crippen LogP contribution in [0.15, 0.2) is 24.3 Å². The van der Waals surface area contributed by atoms with Crippen molar-refractivity contribution in [3.63, 3.8) is 0 Å². The highest BCUT2D eigenvalue weighted by Crippen LogP contribution is 2.33. The summed E-state index contributed by atoms with van der Waals surface area (Å²) in [6.07, 6.45) is 9.91. The molecule has 0 saturated carbocycles. The molecular weight excluding hydrogens is 274 g/mol. The first-order valence-electron chi connectivity index (χ1n) is 8.77.